The Morgan fingerprint density at radius 1 is 1.45 bits per heavy atom. The summed E-state index contributed by atoms with van der Waals surface area (Å²) in [7, 11) is 0. The molecule has 0 saturated heterocycles. The van der Waals surface area contributed by atoms with Crippen molar-refractivity contribution in [2.45, 2.75) is 19.3 Å². The summed E-state index contributed by atoms with van der Waals surface area (Å²) in [5.41, 5.74) is 0.640. The van der Waals surface area contributed by atoms with Crippen LogP contribution in [0.2, 0.25) is 0 Å². The summed E-state index contributed by atoms with van der Waals surface area (Å²) in [6.07, 6.45) is 3.30. The second-order valence-corrected chi connectivity index (χ2v) is 4.13. The summed E-state index contributed by atoms with van der Waals surface area (Å²) >= 11 is 3.36. The lowest BCUT2D eigenvalue weighted by molar-refractivity contribution is -0.133. The van der Waals surface area contributed by atoms with E-state index in [0.717, 1.165) is 17.3 Å². The van der Waals surface area contributed by atoms with Crippen molar-refractivity contribution in [2.75, 3.05) is 0 Å². The number of allylic oxidation sites excluding steroid dienone is 1. The number of carboxylic acids is 1. The highest BCUT2D eigenvalue weighted by Crippen LogP contribution is 2.50. The van der Waals surface area contributed by atoms with Crippen LogP contribution in [0, 0.1) is 11.8 Å². The maximum atomic E-state index is 10.7. The van der Waals surface area contributed by atoms with Crippen molar-refractivity contribution in [1.82, 2.24) is 0 Å². The molecule has 2 aliphatic carbocycles. The molecule has 1 N–H and O–H groups in total. The zero-order valence-corrected chi connectivity index (χ0v) is 7.60. The van der Waals surface area contributed by atoms with Gasteiger partial charge in [0.2, 0.25) is 0 Å². The Morgan fingerprint density at radius 3 is 2.45 bits per heavy atom. The first kappa shape index (κ1) is 7.35. The highest BCUT2D eigenvalue weighted by atomic mass is 79.9. The molecule has 0 heterocycles. The third-order valence-corrected chi connectivity index (χ3v) is 3.76. The summed E-state index contributed by atoms with van der Waals surface area (Å²) in [5, 5.41) is 8.82. The van der Waals surface area contributed by atoms with Crippen LogP contribution in [0.1, 0.15) is 19.3 Å². The Bertz CT molecular complexity index is 244. The topological polar surface area (TPSA) is 37.3 Å². The summed E-state index contributed by atoms with van der Waals surface area (Å²) in [4.78, 5) is 10.7. The molecule has 0 spiro atoms. The van der Waals surface area contributed by atoms with Crippen LogP contribution < -0.4 is 0 Å². The predicted molar refractivity (Wildman–Crippen MR) is 44.4 cm³/mol. The third kappa shape index (κ3) is 0.940. The van der Waals surface area contributed by atoms with Gasteiger partial charge in [0.15, 0.2) is 0 Å². The molecule has 2 bridgehead atoms. The second kappa shape index (κ2) is 2.34. The van der Waals surface area contributed by atoms with Crippen LogP contribution in [0.5, 0.6) is 0 Å². The SMILES string of the molecule is O=C(O)C1=C(Br)C2CCC1C2. The predicted octanol–water partition coefficient (Wildman–Crippen LogP) is 2.15. The van der Waals surface area contributed by atoms with E-state index in [2.05, 4.69) is 15.9 Å². The number of hydrogen-bond acceptors (Lipinski definition) is 1. The number of hydrogen-bond donors (Lipinski definition) is 1. The largest absolute Gasteiger partial charge is 0.478 e. The smallest absolute Gasteiger partial charge is 0.332 e. The molecule has 0 aromatic heterocycles. The number of aliphatic carboxylic acids is 1. The van der Waals surface area contributed by atoms with E-state index in [1.165, 1.54) is 6.42 Å². The number of carboxylic acid groups (broad SMARTS) is 1. The van der Waals surface area contributed by atoms with Gasteiger partial charge < -0.3 is 5.11 Å². The van der Waals surface area contributed by atoms with Gasteiger partial charge in [-0.15, -0.1) is 0 Å². The maximum absolute atomic E-state index is 10.7. The molecule has 0 aliphatic heterocycles. The van der Waals surface area contributed by atoms with Gasteiger partial charge in [-0.05, 0) is 31.1 Å². The number of halogens is 1. The highest BCUT2D eigenvalue weighted by molar-refractivity contribution is 9.11. The van der Waals surface area contributed by atoms with E-state index < -0.39 is 5.97 Å². The average molecular weight is 217 g/mol. The first-order valence-corrected chi connectivity index (χ1v) is 4.62. The quantitative estimate of drug-likeness (QED) is 0.730. The van der Waals surface area contributed by atoms with Crippen LogP contribution in [0.15, 0.2) is 10.1 Å². The Labute approximate surface area is 73.4 Å². The van der Waals surface area contributed by atoms with E-state index in [-0.39, 0.29) is 0 Å². The molecule has 2 nitrogen and oxygen atoms in total. The minimum Gasteiger partial charge on any atom is -0.478 e. The van der Waals surface area contributed by atoms with Crippen molar-refractivity contribution in [2.24, 2.45) is 11.8 Å². The lowest BCUT2D eigenvalue weighted by atomic mass is 9.99. The molecule has 3 heteroatoms. The van der Waals surface area contributed by atoms with Gasteiger partial charge in [-0.25, -0.2) is 4.79 Å². The third-order valence-electron chi connectivity index (χ3n) is 2.69. The number of rotatable bonds is 1. The van der Waals surface area contributed by atoms with Crippen molar-refractivity contribution in [3.05, 3.63) is 10.1 Å². The summed E-state index contributed by atoms with van der Waals surface area (Å²) < 4.78 is 0.959. The van der Waals surface area contributed by atoms with Crippen molar-refractivity contribution in [3.8, 4) is 0 Å². The minimum absolute atomic E-state index is 0.340. The fourth-order valence-electron chi connectivity index (χ4n) is 2.17. The average Bonchev–Trinajstić information content (AvgIpc) is 2.44. The molecule has 1 saturated carbocycles. The fraction of sp³-hybridized carbons (Fsp3) is 0.625. The molecule has 11 heavy (non-hydrogen) atoms. The van der Waals surface area contributed by atoms with Crippen molar-refractivity contribution in [3.63, 3.8) is 0 Å². The van der Waals surface area contributed by atoms with Crippen LogP contribution in [0.3, 0.4) is 0 Å². The summed E-state index contributed by atoms with van der Waals surface area (Å²) in [6.45, 7) is 0. The Balaban J connectivity index is 2.37. The van der Waals surface area contributed by atoms with Gasteiger partial charge >= 0.3 is 5.97 Å². The van der Waals surface area contributed by atoms with E-state index >= 15 is 0 Å². The molecule has 0 aromatic carbocycles. The van der Waals surface area contributed by atoms with Crippen LogP contribution in [-0.4, -0.2) is 11.1 Å². The second-order valence-electron chi connectivity index (χ2n) is 3.27. The Kier molecular flexibility index (Phi) is 1.56. The van der Waals surface area contributed by atoms with Crippen LogP contribution in [0.25, 0.3) is 0 Å². The molecule has 0 amide bonds. The molecular formula is C8H9BrO2. The maximum Gasteiger partial charge on any atom is 0.332 e. The molecule has 2 rings (SSSR count). The Hall–Kier alpha value is -0.310. The Morgan fingerprint density at radius 2 is 2.09 bits per heavy atom. The van der Waals surface area contributed by atoms with Gasteiger partial charge in [-0.3, -0.25) is 0 Å². The molecule has 2 atom stereocenters. The molecular weight excluding hydrogens is 208 g/mol. The van der Waals surface area contributed by atoms with Gasteiger partial charge in [-0.1, -0.05) is 15.9 Å². The zero-order valence-electron chi connectivity index (χ0n) is 6.01. The van der Waals surface area contributed by atoms with E-state index in [9.17, 15) is 4.79 Å². The number of fused-ring (bicyclic) bond motifs is 2. The van der Waals surface area contributed by atoms with E-state index in [1.807, 2.05) is 0 Å². The van der Waals surface area contributed by atoms with Crippen LogP contribution in [-0.2, 0) is 4.79 Å². The van der Waals surface area contributed by atoms with Gasteiger partial charge in [0.25, 0.3) is 0 Å². The van der Waals surface area contributed by atoms with E-state index in [0.29, 0.717) is 17.4 Å². The monoisotopic (exact) mass is 216 g/mol. The van der Waals surface area contributed by atoms with Crippen LogP contribution in [0.4, 0.5) is 0 Å². The summed E-state index contributed by atoms with van der Waals surface area (Å²) in [6, 6.07) is 0. The molecule has 0 radical (unpaired) electrons. The highest BCUT2D eigenvalue weighted by Gasteiger charge is 2.40. The first-order valence-electron chi connectivity index (χ1n) is 3.83. The zero-order chi connectivity index (χ0) is 8.01. The van der Waals surface area contributed by atoms with E-state index in [1.54, 1.807) is 0 Å². The van der Waals surface area contributed by atoms with Gasteiger partial charge in [0.1, 0.15) is 0 Å². The summed E-state index contributed by atoms with van der Waals surface area (Å²) in [5.74, 6) is 0.127. The molecule has 60 valence electrons. The van der Waals surface area contributed by atoms with E-state index in [4.69, 9.17) is 5.11 Å². The van der Waals surface area contributed by atoms with Gasteiger partial charge in [-0.2, -0.15) is 0 Å². The lowest BCUT2D eigenvalue weighted by Crippen LogP contribution is -2.09. The van der Waals surface area contributed by atoms with Gasteiger partial charge in [0, 0.05) is 4.48 Å². The normalized spacial score (nSPS) is 35.0. The van der Waals surface area contributed by atoms with Crippen molar-refractivity contribution in [1.29, 1.82) is 0 Å². The fourth-order valence-corrected chi connectivity index (χ4v) is 3.07. The lowest BCUT2D eigenvalue weighted by Gasteiger charge is -2.11. The van der Waals surface area contributed by atoms with Crippen LogP contribution >= 0.6 is 15.9 Å². The van der Waals surface area contributed by atoms with Gasteiger partial charge in [0.05, 0.1) is 5.57 Å². The minimum atomic E-state index is -0.732. The van der Waals surface area contributed by atoms with Crippen molar-refractivity contribution < 1.29 is 9.90 Å². The first-order chi connectivity index (χ1) is 5.20. The van der Waals surface area contributed by atoms with Crippen molar-refractivity contribution >= 4 is 21.9 Å². The molecule has 2 aliphatic rings. The molecule has 2 unspecified atom stereocenters. The molecule has 0 aromatic rings. The number of carbonyl (C=O) groups is 1. The molecule has 1 fully saturated rings. The standard InChI is InChI=1S/C8H9BrO2/c9-7-5-2-1-4(3-5)6(7)8(10)11/h4-5H,1-3H2,(H,10,11).